The van der Waals surface area contributed by atoms with Gasteiger partial charge < -0.3 is 14.7 Å². The van der Waals surface area contributed by atoms with Gasteiger partial charge in [0.05, 0.1) is 18.2 Å². The van der Waals surface area contributed by atoms with E-state index >= 15 is 0 Å². The van der Waals surface area contributed by atoms with Crippen molar-refractivity contribution in [1.82, 2.24) is 0 Å². The molecule has 1 heterocycles. The number of ketones is 1. The molecule has 0 spiro atoms. The van der Waals surface area contributed by atoms with Crippen LogP contribution in [0.25, 0.3) is 0 Å². The van der Waals surface area contributed by atoms with E-state index in [9.17, 15) is 14.7 Å². The SMILES string of the molecule is CCOc1cccc(N2C(=O)C(O)=C(C(=O)CC(C)C)C2c2ccc(N(C)C)cc2)c1. The number of hydrogen-bond acceptors (Lipinski definition) is 5. The fraction of sp³-hybridized carbons (Fsp3) is 0.360. The zero-order valence-electron chi connectivity index (χ0n) is 18.8. The fourth-order valence-corrected chi connectivity index (χ4v) is 3.80. The van der Waals surface area contributed by atoms with E-state index in [1.165, 1.54) is 4.90 Å². The first kappa shape index (κ1) is 22.4. The van der Waals surface area contributed by atoms with Crippen LogP contribution in [0.1, 0.15) is 38.8 Å². The van der Waals surface area contributed by atoms with Gasteiger partial charge >= 0.3 is 0 Å². The van der Waals surface area contributed by atoms with Crippen LogP contribution in [0.15, 0.2) is 59.9 Å². The van der Waals surface area contributed by atoms with Crippen molar-refractivity contribution in [2.75, 3.05) is 30.5 Å². The Morgan fingerprint density at radius 1 is 1.16 bits per heavy atom. The molecule has 6 heteroatoms. The molecule has 1 aliphatic rings. The smallest absolute Gasteiger partial charge is 0.294 e. The summed E-state index contributed by atoms with van der Waals surface area (Å²) in [4.78, 5) is 29.7. The van der Waals surface area contributed by atoms with Crippen LogP contribution in [0, 0.1) is 5.92 Å². The zero-order chi connectivity index (χ0) is 22.7. The van der Waals surface area contributed by atoms with Crippen molar-refractivity contribution in [3.8, 4) is 5.75 Å². The van der Waals surface area contributed by atoms with E-state index in [2.05, 4.69) is 0 Å². The molecule has 1 unspecified atom stereocenters. The van der Waals surface area contributed by atoms with Crippen LogP contribution in [0.4, 0.5) is 11.4 Å². The number of aliphatic hydroxyl groups is 1. The maximum atomic E-state index is 13.2. The Kier molecular flexibility index (Phi) is 6.68. The molecule has 1 atom stereocenters. The lowest BCUT2D eigenvalue weighted by atomic mass is 9.92. The number of Topliss-reactive ketones (excluding diaryl/α,β-unsaturated/α-hetero) is 1. The molecule has 1 N–H and O–H groups in total. The predicted molar refractivity (Wildman–Crippen MR) is 123 cm³/mol. The molecule has 2 aromatic rings. The quantitative estimate of drug-likeness (QED) is 0.670. The van der Waals surface area contributed by atoms with Crippen LogP contribution >= 0.6 is 0 Å². The lowest BCUT2D eigenvalue weighted by molar-refractivity contribution is -0.118. The minimum Gasteiger partial charge on any atom is -0.503 e. The predicted octanol–water partition coefficient (Wildman–Crippen LogP) is 4.67. The highest BCUT2D eigenvalue weighted by Gasteiger charge is 2.44. The molecule has 0 saturated heterocycles. The van der Waals surface area contributed by atoms with E-state index in [4.69, 9.17) is 4.74 Å². The molecule has 0 aliphatic carbocycles. The highest BCUT2D eigenvalue weighted by Crippen LogP contribution is 2.42. The maximum absolute atomic E-state index is 13.2. The van der Waals surface area contributed by atoms with Gasteiger partial charge in [-0.05, 0) is 42.7 Å². The van der Waals surface area contributed by atoms with Crippen molar-refractivity contribution in [3.05, 3.63) is 65.4 Å². The molecule has 0 aromatic heterocycles. The maximum Gasteiger partial charge on any atom is 0.294 e. The lowest BCUT2D eigenvalue weighted by Crippen LogP contribution is -2.31. The van der Waals surface area contributed by atoms with E-state index < -0.39 is 17.7 Å². The third kappa shape index (κ3) is 4.58. The van der Waals surface area contributed by atoms with Gasteiger partial charge in [-0.2, -0.15) is 0 Å². The van der Waals surface area contributed by atoms with Crippen molar-refractivity contribution in [2.45, 2.75) is 33.2 Å². The normalized spacial score (nSPS) is 16.3. The van der Waals surface area contributed by atoms with E-state index in [1.807, 2.05) is 70.1 Å². The van der Waals surface area contributed by atoms with Crippen molar-refractivity contribution >= 4 is 23.1 Å². The summed E-state index contributed by atoms with van der Waals surface area (Å²) in [6.07, 6.45) is 0.256. The summed E-state index contributed by atoms with van der Waals surface area (Å²) < 4.78 is 5.59. The molecule has 164 valence electrons. The molecule has 3 rings (SSSR count). The highest BCUT2D eigenvalue weighted by molar-refractivity contribution is 6.16. The molecular weight excluding hydrogens is 392 g/mol. The number of anilines is 2. The summed E-state index contributed by atoms with van der Waals surface area (Å²) in [5.41, 5.74) is 2.48. The average molecular weight is 423 g/mol. The number of ether oxygens (including phenoxy) is 1. The van der Waals surface area contributed by atoms with E-state index in [0.29, 0.717) is 18.0 Å². The largest absolute Gasteiger partial charge is 0.503 e. The van der Waals surface area contributed by atoms with Crippen LogP contribution < -0.4 is 14.5 Å². The first-order valence-corrected chi connectivity index (χ1v) is 10.5. The van der Waals surface area contributed by atoms with Crippen LogP contribution in [-0.2, 0) is 9.59 Å². The number of rotatable bonds is 8. The summed E-state index contributed by atoms with van der Waals surface area (Å²) in [6, 6.07) is 14.1. The van der Waals surface area contributed by atoms with Crippen molar-refractivity contribution in [2.24, 2.45) is 5.92 Å². The fourth-order valence-electron chi connectivity index (χ4n) is 3.80. The van der Waals surface area contributed by atoms with Gasteiger partial charge in [0, 0.05) is 38.0 Å². The minimum atomic E-state index is -0.702. The number of amides is 1. The number of carbonyl (C=O) groups is 2. The molecular formula is C25H30N2O4. The van der Waals surface area contributed by atoms with Crippen LogP contribution in [0.2, 0.25) is 0 Å². The number of nitrogens with zero attached hydrogens (tertiary/aromatic N) is 2. The number of benzene rings is 2. The minimum absolute atomic E-state index is 0.106. The number of aliphatic hydroxyl groups excluding tert-OH is 1. The molecule has 31 heavy (non-hydrogen) atoms. The second-order valence-electron chi connectivity index (χ2n) is 8.28. The average Bonchev–Trinajstić information content (AvgIpc) is 2.99. The number of hydrogen-bond donors (Lipinski definition) is 1. The van der Waals surface area contributed by atoms with E-state index in [1.54, 1.807) is 18.2 Å². The first-order valence-electron chi connectivity index (χ1n) is 10.5. The lowest BCUT2D eigenvalue weighted by Gasteiger charge is -2.28. The van der Waals surface area contributed by atoms with Gasteiger partial charge in [-0.1, -0.05) is 32.0 Å². The molecule has 2 aromatic carbocycles. The van der Waals surface area contributed by atoms with Crippen LogP contribution in [-0.4, -0.2) is 37.5 Å². The Morgan fingerprint density at radius 2 is 1.84 bits per heavy atom. The van der Waals surface area contributed by atoms with Gasteiger partial charge in [-0.15, -0.1) is 0 Å². The van der Waals surface area contributed by atoms with Crippen LogP contribution in [0.3, 0.4) is 0 Å². The van der Waals surface area contributed by atoms with Gasteiger partial charge in [0.25, 0.3) is 5.91 Å². The Balaban J connectivity index is 2.12. The molecule has 1 aliphatic heterocycles. The molecule has 0 bridgehead atoms. The Bertz CT molecular complexity index is 993. The van der Waals surface area contributed by atoms with Gasteiger partial charge in [-0.3, -0.25) is 14.5 Å². The first-order chi connectivity index (χ1) is 14.7. The molecule has 0 saturated carbocycles. The summed E-state index contributed by atoms with van der Waals surface area (Å²) >= 11 is 0. The molecule has 0 fully saturated rings. The van der Waals surface area contributed by atoms with Crippen LogP contribution in [0.5, 0.6) is 5.75 Å². The third-order valence-corrected chi connectivity index (χ3v) is 5.23. The van der Waals surface area contributed by atoms with Crippen molar-refractivity contribution in [3.63, 3.8) is 0 Å². The summed E-state index contributed by atoms with van der Waals surface area (Å²) in [7, 11) is 3.89. The summed E-state index contributed by atoms with van der Waals surface area (Å²) in [5.74, 6) is -0.548. The van der Waals surface area contributed by atoms with Gasteiger partial charge in [0.15, 0.2) is 11.5 Å². The second-order valence-corrected chi connectivity index (χ2v) is 8.28. The van der Waals surface area contributed by atoms with Crippen molar-refractivity contribution in [1.29, 1.82) is 0 Å². The molecule has 0 radical (unpaired) electrons. The highest BCUT2D eigenvalue weighted by atomic mass is 16.5. The standard InChI is InChI=1S/C25H30N2O4/c1-6-31-20-9-7-8-19(15-20)27-23(17-10-12-18(13-11-17)26(4)5)22(24(29)25(27)30)21(28)14-16(2)3/h7-13,15-16,23,29H,6,14H2,1-5H3. The van der Waals surface area contributed by atoms with Gasteiger partial charge in [0.2, 0.25) is 0 Å². The second kappa shape index (κ2) is 9.25. The Hall–Kier alpha value is -3.28. The topological polar surface area (TPSA) is 70.1 Å². The van der Waals surface area contributed by atoms with Gasteiger partial charge in [-0.25, -0.2) is 0 Å². The third-order valence-electron chi connectivity index (χ3n) is 5.23. The monoisotopic (exact) mass is 422 g/mol. The zero-order valence-corrected chi connectivity index (χ0v) is 18.8. The van der Waals surface area contributed by atoms with E-state index in [-0.39, 0.29) is 23.7 Å². The molecule has 1 amide bonds. The van der Waals surface area contributed by atoms with Gasteiger partial charge in [0.1, 0.15) is 5.75 Å². The Morgan fingerprint density at radius 3 is 2.42 bits per heavy atom. The number of carbonyl (C=O) groups excluding carboxylic acids is 2. The Labute approximate surface area is 183 Å². The van der Waals surface area contributed by atoms with Crippen molar-refractivity contribution < 1.29 is 19.4 Å². The summed E-state index contributed by atoms with van der Waals surface area (Å²) in [6.45, 7) is 6.26. The van der Waals surface area contributed by atoms with E-state index in [0.717, 1.165) is 11.3 Å². The summed E-state index contributed by atoms with van der Waals surface area (Å²) in [5, 5.41) is 10.7. The molecule has 6 nitrogen and oxygen atoms in total.